The van der Waals surface area contributed by atoms with Gasteiger partial charge in [0, 0.05) is 12.1 Å². The van der Waals surface area contributed by atoms with E-state index < -0.39 is 10.9 Å². The normalized spacial score (nSPS) is 20.6. The van der Waals surface area contributed by atoms with Crippen LogP contribution in [-0.4, -0.2) is 27.0 Å². The molecule has 0 spiro atoms. The number of aromatic carboxylic acids is 1. The number of anilines is 1. The number of nitro groups is 1. The molecule has 1 aromatic heterocycles. The Morgan fingerprint density at radius 1 is 1.60 bits per heavy atom. The van der Waals surface area contributed by atoms with E-state index in [0.29, 0.717) is 0 Å². The van der Waals surface area contributed by atoms with Crippen molar-refractivity contribution in [2.24, 2.45) is 5.41 Å². The topological polar surface area (TPSA) is 105 Å². The Bertz CT molecular complexity index is 557. The Kier molecular flexibility index (Phi) is 3.61. The molecule has 0 amide bonds. The monoisotopic (exact) mass is 279 g/mol. The number of carboxylic acid groups (broad SMARTS) is 1. The molecule has 1 aliphatic rings. The van der Waals surface area contributed by atoms with Crippen LogP contribution < -0.4 is 5.32 Å². The van der Waals surface area contributed by atoms with Gasteiger partial charge >= 0.3 is 5.97 Å². The molecule has 1 atom stereocenters. The van der Waals surface area contributed by atoms with Crippen molar-refractivity contribution >= 4 is 17.5 Å². The third-order valence-electron chi connectivity index (χ3n) is 3.88. The second-order valence-corrected chi connectivity index (χ2v) is 5.73. The Hall–Kier alpha value is -2.18. The van der Waals surface area contributed by atoms with Crippen LogP contribution in [0.1, 0.15) is 43.5 Å². The van der Waals surface area contributed by atoms with Crippen LogP contribution in [-0.2, 0) is 0 Å². The van der Waals surface area contributed by atoms with Crippen molar-refractivity contribution in [3.8, 4) is 0 Å². The average molecular weight is 279 g/mol. The predicted molar refractivity (Wildman–Crippen MR) is 72.9 cm³/mol. The number of carbonyl (C=O) groups is 1. The number of nitrogens with one attached hydrogen (secondary N) is 1. The molecule has 0 bridgehead atoms. The van der Waals surface area contributed by atoms with Gasteiger partial charge in [-0.25, -0.2) is 9.78 Å². The van der Waals surface area contributed by atoms with E-state index >= 15 is 0 Å². The molecule has 1 saturated carbocycles. The Morgan fingerprint density at radius 2 is 2.30 bits per heavy atom. The summed E-state index contributed by atoms with van der Waals surface area (Å²) in [4.78, 5) is 25.2. The molecule has 2 N–H and O–H groups in total. The van der Waals surface area contributed by atoms with Gasteiger partial charge in [0.1, 0.15) is 17.6 Å². The van der Waals surface area contributed by atoms with E-state index in [-0.39, 0.29) is 28.5 Å². The number of nitrogens with zero attached hydrogens (tertiary/aromatic N) is 2. The lowest BCUT2D eigenvalue weighted by atomic mass is 9.87. The van der Waals surface area contributed by atoms with Gasteiger partial charge in [-0.05, 0) is 18.3 Å². The molecule has 0 aliphatic heterocycles. The highest BCUT2D eigenvalue weighted by molar-refractivity contribution is 5.93. The fraction of sp³-hybridized carbons (Fsp3) is 0.538. The molecule has 1 aromatic rings. The van der Waals surface area contributed by atoms with E-state index in [2.05, 4.69) is 24.1 Å². The summed E-state index contributed by atoms with van der Waals surface area (Å²) < 4.78 is 0. The Labute approximate surface area is 116 Å². The van der Waals surface area contributed by atoms with Crippen molar-refractivity contribution < 1.29 is 14.8 Å². The van der Waals surface area contributed by atoms with Crippen molar-refractivity contribution in [3.63, 3.8) is 0 Å². The van der Waals surface area contributed by atoms with Gasteiger partial charge in [0.25, 0.3) is 5.69 Å². The second-order valence-electron chi connectivity index (χ2n) is 5.73. The molecule has 108 valence electrons. The van der Waals surface area contributed by atoms with Crippen LogP contribution in [0, 0.1) is 15.5 Å². The molecular formula is C13H17N3O4. The van der Waals surface area contributed by atoms with Gasteiger partial charge in [-0.15, -0.1) is 0 Å². The summed E-state index contributed by atoms with van der Waals surface area (Å²) in [5, 5.41) is 23.0. The molecule has 2 rings (SSSR count). The first-order valence-electron chi connectivity index (χ1n) is 6.45. The van der Waals surface area contributed by atoms with E-state index in [9.17, 15) is 20.0 Å². The van der Waals surface area contributed by atoms with Gasteiger partial charge < -0.3 is 10.4 Å². The number of hydrogen-bond donors (Lipinski definition) is 2. The lowest BCUT2D eigenvalue weighted by Gasteiger charge is -2.28. The molecule has 0 radical (unpaired) electrons. The number of carboxylic acids is 1. The zero-order chi connectivity index (χ0) is 14.9. The van der Waals surface area contributed by atoms with Crippen LogP contribution in [0.15, 0.2) is 12.3 Å². The highest BCUT2D eigenvalue weighted by Crippen LogP contribution is 2.39. The number of hydrogen-bond acceptors (Lipinski definition) is 5. The maximum atomic E-state index is 11.2. The zero-order valence-electron chi connectivity index (χ0n) is 11.4. The third kappa shape index (κ3) is 2.71. The number of pyridine rings is 1. The Morgan fingerprint density at radius 3 is 2.80 bits per heavy atom. The fourth-order valence-electron chi connectivity index (χ4n) is 2.59. The minimum Gasteiger partial charge on any atom is -0.478 e. The summed E-state index contributed by atoms with van der Waals surface area (Å²) in [6, 6.07) is 1.16. The minimum absolute atomic E-state index is 0.0548. The lowest BCUT2D eigenvalue weighted by molar-refractivity contribution is -0.385. The SMILES string of the molecule is CC1(C)CCCC1Nc1ncc([N+](=O)[O-])cc1C(=O)O. The van der Waals surface area contributed by atoms with Gasteiger partial charge in [0.15, 0.2) is 0 Å². The van der Waals surface area contributed by atoms with E-state index in [4.69, 9.17) is 0 Å². The molecular weight excluding hydrogens is 262 g/mol. The maximum absolute atomic E-state index is 11.2. The molecule has 7 nitrogen and oxygen atoms in total. The summed E-state index contributed by atoms with van der Waals surface area (Å²) in [5.74, 6) is -1.03. The number of aromatic nitrogens is 1. The fourth-order valence-corrected chi connectivity index (χ4v) is 2.59. The molecule has 1 aliphatic carbocycles. The first-order chi connectivity index (χ1) is 9.31. The quantitative estimate of drug-likeness (QED) is 0.648. The van der Waals surface area contributed by atoms with E-state index in [1.165, 1.54) is 0 Å². The first-order valence-corrected chi connectivity index (χ1v) is 6.45. The van der Waals surface area contributed by atoms with Gasteiger partial charge in [-0.3, -0.25) is 10.1 Å². The molecule has 1 fully saturated rings. The molecule has 0 aromatic carbocycles. The minimum atomic E-state index is -1.22. The van der Waals surface area contributed by atoms with Crippen LogP contribution in [0.5, 0.6) is 0 Å². The Balaban J connectivity index is 2.32. The molecule has 1 heterocycles. The summed E-state index contributed by atoms with van der Waals surface area (Å²) in [6.45, 7) is 4.23. The first kappa shape index (κ1) is 14.2. The van der Waals surface area contributed by atoms with Crippen molar-refractivity contribution in [1.29, 1.82) is 0 Å². The van der Waals surface area contributed by atoms with E-state index in [1.54, 1.807) is 0 Å². The summed E-state index contributed by atoms with van der Waals surface area (Å²) >= 11 is 0. The van der Waals surface area contributed by atoms with Crippen LogP contribution in [0.2, 0.25) is 0 Å². The molecule has 0 saturated heterocycles. The van der Waals surface area contributed by atoms with Gasteiger partial charge in [-0.2, -0.15) is 0 Å². The van der Waals surface area contributed by atoms with Crippen molar-refractivity contribution in [1.82, 2.24) is 4.98 Å². The molecule has 1 unspecified atom stereocenters. The van der Waals surface area contributed by atoms with Crippen LogP contribution >= 0.6 is 0 Å². The lowest BCUT2D eigenvalue weighted by Crippen LogP contribution is -2.31. The molecule has 7 heteroatoms. The van der Waals surface area contributed by atoms with E-state index in [0.717, 1.165) is 31.5 Å². The smallest absolute Gasteiger partial charge is 0.339 e. The predicted octanol–water partition coefficient (Wildman–Crippen LogP) is 2.68. The van der Waals surface area contributed by atoms with Gasteiger partial charge in [0.05, 0.1) is 4.92 Å². The van der Waals surface area contributed by atoms with Gasteiger partial charge in [-0.1, -0.05) is 20.3 Å². The zero-order valence-corrected chi connectivity index (χ0v) is 11.4. The maximum Gasteiger partial charge on any atom is 0.339 e. The average Bonchev–Trinajstić information content (AvgIpc) is 2.68. The van der Waals surface area contributed by atoms with Gasteiger partial charge in [0.2, 0.25) is 0 Å². The summed E-state index contributed by atoms with van der Waals surface area (Å²) in [7, 11) is 0. The van der Waals surface area contributed by atoms with Crippen LogP contribution in [0.3, 0.4) is 0 Å². The van der Waals surface area contributed by atoms with Crippen molar-refractivity contribution in [2.75, 3.05) is 5.32 Å². The highest BCUT2D eigenvalue weighted by atomic mass is 16.6. The summed E-state index contributed by atoms with van der Waals surface area (Å²) in [6.07, 6.45) is 4.14. The van der Waals surface area contributed by atoms with Crippen LogP contribution in [0.4, 0.5) is 11.5 Å². The largest absolute Gasteiger partial charge is 0.478 e. The number of rotatable bonds is 4. The van der Waals surface area contributed by atoms with Crippen LogP contribution in [0.25, 0.3) is 0 Å². The second kappa shape index (κ2) is 5.07. The standard InChI is InChI=1S/C13H17N3O4/c1-13(2)5-3-4-10(13)15-11-9(12(17)18)6-8(7-14-11)16(19)20/h6-7,10H,3-5H2,1-2H3,(H,14,15)(H,17,18). The third-order valence-corrected chi connectivity index (χ3v) is 3.88. The van der Waals surface area contributed by atoms with Crippen molar-refractivity contribution in [3.05, 3.63) is 27.9 Å². The van der Waals surface area contributed by atoms with E-state index in [1.807, 2.05) is 0 Å². The highest BCUT2D eigenvalue weighted by Gasteiger charge is 2.35. The van der Waals surface area contributed by atoms with Crippen molar-refractivity contribution in [2.45, 2.75) is 39.2 Å². The molecule has 20 heavy (non-hydrogen) atoms. The summed E-state index contributed by atoms with van der Waals surface area (Å²) in [5.41, 5.74) is -0.431.